The zero-order valence-corrected chi connectivity index (χ0v) is 64.9. The molecule has 0 unspecified atom stereocenters. The molecule has 10 aromatic rings. The van der Waals surface area contributed by atoms with Gasteiger partial charge in [0.1, 0.15) is 77.2 Å². The van der Waals surface area contributed by atoms with E-state index in [2.05, 4.69) is 94.0 Å². The van der Waals surface area contributed by atoms with E-state index in [1.165, 1.54) is 44.4 Å². The van der Waals surface area contributed by atoms with E-state index >= 15 is 0 Å². The molecule has 0 saturated heterocycles. The Morgan fingerprint density at radius 2 is 0.947 bits per heavy atom. The van der Waals surface area contributed by atoms with Gasteiger partial charge in [-0.25, -0.2) is 29.3 Å². The number of fused-ring (bicyclic) bond motifs is 2. The molecule has 2 atom stereocenters. The third-order valence-corrected chi connectivity index (χ3v) is 20.5. The summed E-state index contributed by atoms with van der Waals surface area (Å²) in [6, 6.07) is 66.3. The van der Waals surface area contributed by atoms with Crippen LogP contribution >= 0.6 is 12.4 Å². The number of amidine groups is 1. The fraction of sp³-hybridized carbons (Fsp3) is 0.291. The minimum absolute atomic E-state index is 0. The van der Waals surface area contributed by atoms with Crippen LogP contribution in [0.2, 0.25) is 0 Å². The van der Waals surface area contributed by atoms with Crippen LogP contribution in [0.3, 0.4) is 0 Å². The van der Waals surface area contributed by atoms with Gasteiger partial charge in [0.25, 0.3) is 11.8 Å². The number of carboxylic acid groups (broad SMARTS) is 1. The molecule has 7 aromatic carbocycles. The topological polar surface area (TPSA) is 403 Å². The molecule has 5 saturated carbocycles. The summed E-state index contributed by atoms with van der Waals surface area (Å²) in [6.45, 7) is 4.53. The Morgan fingerprint density at radius 1 is 0.570 bits per heavy atom. The number of anilines is 2. The predicted octanol–water partition coefficient (Wildman–Crippen LogP) is 9.00. The number of carboxylic acids is 1. The molecule has 3 aromatic heterocycles. The standard InChI is InChI=1S/C23H22N4O3.C15H16N2O2.C13H12N2O2.C10H12N2O2.C10H12N2O.C10H9N.C5H6O2.ClH.Li.H2O/c1-27-18-9-5-6-10-19(18)30-14-17(21(27)29)25-20(28)16-13-24-22(26-16)23(11-12-23)15-7-3-2-4-8-15;1-2-19-13(18)12-10-16-14(17-12)15(8-9-15)11-6-4-3-5-7-11;16-11(17)10-8-14-12(15-10)13(6-7-13)9-4-2-1-3-5-9;1-12-8-4-2-3-5-9(8)14-6-7(11)10(12)13;11-9(12-13)10(6-7-10)8-4-2-1-3-5-8;11-8-10(6-7-10)9-4-2-1-3-5-9;1-3-5(6)7-4-2;;;/h2-10,13,17H,11-12,14H2,1H3,(H,24,26)(H,25,28);3-7,10H,2,8-9H2,1H3,(H,16,17);1-5,8H,6-7H2,(H,14,15)(H,16,17);2-5,7H,6,11H2,1H3;1-5,13H,6-7H2,(H2,11,12);1-5H,6-7H2;1H,4H2,2H3;1H;;1H2/q;;;;;;;;+1;/p-1/t17-;;;7-;;;;;;/m0..0....../s1. The maximum atomic E-state index is 12.8. The molecule has 17 rings (SSSR count). The molecule has 2 aliphatic heterocycles. The fourth-order valence-electron chi connectivity index (χ4n) is 13.3. The second-order valence-corrected chi connectivity index (χ2v) is 27.6. The number of esters is 2. The van der Waals surface area contributed by atoms with Crippen molar-refractivity contribution in [3.63, 3.8) is 0 Å². The Hall–Kier alpha value is -12.3. The number of likely N-dealkylation sites (N-methyl/N-ethyl adjacent to an activating group) is 2. The van der Waals surface area contributed by atoms with E-state index < -0.39 is 24.0 Å². The minimum atomic E-state index is -0.965. The van der Waals surface area contributed by atoms with Gasteiger partial charge >= 0.3 is 36.8 Å². The number of nitrogens with zero attached hydrogens (tertiary/aromatic N) is 7. The summed E-state index contributed by atoms with van der Waals surface area (Å²) in [4.78, 5) is 95.0. The smallest absolute Gasteiger partial charge is 0.870 e. The van der Waals surface area contributed by atoms with Gasteiger partial charge in [0, 0.05) is 20.0 Å². The number of nitriles is 1. The van der Waals surface area contributed by atoms with E-state index in [9.17, 15) is 28.8 Å². The van der Waals surface area contributed by atoms with Crippen LogP contribution < -0.4 is 54.9 Å². The van der Waals surface area contributed by atoms with E-state index in [1.54, 1.807) is 40.1 Å². The predicted molar refractivity (Wildman–Crippen MR) is 426 cm³/mol. The van der Waals surface area contributed by atoms with Crippen LogP contribution in [-0.2, 0) is 50.9 Å². The van der Waals surface area contributed by atoms with Crippen molar-refractivity contribution in [1.82, 2.24) is 35.2 Å². The van der Waals surface area contributed by atoms with Crippen molar-refractivity contribution in [1.29, 1.82) is 5.26 Å². The maximum absolute atomic E-state index is 12.8. The van der Waals surface area contributed by atoms with E-state index in [1.807, 2.05) is 164 Å². The molecular weight excluding hydrogens is 1470 g/mol. The second kappa shape index (κ2) is 39.3. The molecule has 0 radical (unpaired) electrons. The first kappa shape index (κ1) is 87.3. The van der Waals surface area contributed by atoms with E-state index in [-0.39, 0.29) is 106 Å². The average molecular weight is 1560 g/mol. The van der Waals surface area contributed by atoms with Crippen molar-refractivity contribution in [2.24, 2.45) is 16.6 Å². The quantitative estimate of drug-likeness (QED) is 0.00693. The SMILES string of the molecule is C#CC(=O)OCC.CCOC(=O)c1cnc(C2(c3ccccc3)CC2)[nH]1.CN1C(=O)[C@@H](N)COc2ccccc21.CN1C(=O)[C@@H](NC(=O)c2cnc(C3(c4ccccc4)CC3)[nH]2)COc2ccccc21.Cl.N#CC1(c2ccccc2)CC1.N/C(=N\O)C1(c2ccccc2)CC1.O=C(O)c1cnc(C2(c3ccccc3)CC2)[nH]1.[Li+].[OH-]. The molecule has 586 valence electrons. The molecule has 0 spiro atoms. The molecule has 7 aliphatic rings. The molecule has 26 nitrogen and oxygen atoms in total. The number of hydrogen-bond acceptors (Lipinski definition) is 18. The number of amides is 3. The fourth-order valence-corrected chi connectivity index (χ4v) is 13.3. The molecule has 28 heteroatoms. The number of rotatable bonds is 15. The van der Waals surface area contributed by atoms with Crippen molar-refractivity contribution < 1.29 is 82.4 Å². The summed E-state index contributed by atoms with van der Waals surface area (Å²) >= 11 is 0. The summed E-state index contributed by atoms with van der Waals surface area (Å²) < 4.78 is 20.5. The molecular formula is C86H91ClLiN13O13. The molecule has 114 heavy (non-hydrogen) atoms. The van der Waals surface area contributed by atoms with Gasteiger partial charge in [-0.05, 0) is 130 Å². The number of terminal acetylenes is 1. The number of oxime groups is 1. The molecule has 5 aliphatic carbocycles. The summed E-state index contributed by atoms with van der Waals surface area (Å²) in [5, 5.41) is 32.3. The normalized spacial score (nSPS) is 17.4. The number of H-pyrrole nitrogens is 3. The number of aromatic amines is 3. The van der Waals surface area contributed by atoms with Crippen LogP contribution in [0.5, 0.6) is 11.5 Å². The van der Waals surface area contributed by atoms with Crippen LogP contribution in [0.25, 0.3) is 0 Å². The zero-order chi connectivity index (χ0) is 78.8. The Balaban J connectivity index is 0.000000172. The Labute approximate surface area is 679 Å². The number of halogens is 1. The number of aromatic nitrogens is 6. The number of benzene rings is 7. The molecule has 0 bridgehead atoms. The van der Waals surface area contributed by atoms with Crippen molar-refractivity contribution in [3.05, 3.63) is 281 Å². The van der Waals surface area contributed by atoms with Crippen LogP contribution in [0.4, 0.5) is 11.4 Å². The molecule has 5 fully saturated rings. The van der Waals surface area contributed by atoms with Gasteiger partial charge in [0.15, 0.2) is 0 Å². The maximum Gasteiger partial charge on any atom is 1.00 e. The monoisotopic (exact) mass is 1560 g/mol. The first-order valence-corrected chi connectivity index (χ1v) is 36.7. The Kier molecular flexibility index (Phi) is 30.1. The van der Waals surface area contributed by atoms with E-state index in [4.69, 9.17) is 41.3 Å². The van der Waals surface area contributed by atoms with Crippen LogP contribution in [0.15, 0.2) is 224 Å². The number of nitrogens with one attached hydrogen (secondary N) is 4. The Morgan fingerprint density at radius 3 is 1.32 bits per heavy atom. The summed E-state index contributed by atoms with van der Waals surface area (Å²) in [5.41, 5.74) is 19.1. The van der Waals surface area contributed by atoms with Crippen LogP contribution in [-0.4, -0.2) is 140 Å². The van der Waals surface area contributed by atoms with Crippen molar-refractivity contribution in [2.45, 2.75) is 117 Å². The van der Waals surface area contributed by atoms with Gasteiger partial charge in [-0.2, -0.15) is 5.26 Å². The van der Waals surface area contributed by atoms with E-state index in [0.717, 1.165) is 92.9 Å². The number of nitrogens with two attached hydrogens (primary N) is 2. The van der Waals surface area contributed by atoms with Crippen molar-refractivity contribution >= 4 is 65.2 Å². The van der Waals surface area contributed by atoms with Crippen molar-refractivity contribution in [3.8, 4) is 29.9 Å². The molecule has 11 N–H and O–H groups in total. The molecule has 5 heterocycles. The number of ether oxygens (including phenoxy) is 4. The third kappa shape index (κ3) is 20.3. The number of para-hydroxylation sites is 4. The van der Waals surface area contributed by atoms with Gasteiger partial charge in [0.2, 0.25) is 5.91 Å². The van der Waals surface area contributed by atoms with Gasteiger partial charge in [-0.1, -0.05) is 181 Å². The first-order valence-electron chi connectivity index (χ1n) is 36.7. The van der Waals surface area contributed by atoms with Crippen LogP contribution in [0.1, 0.15) is 155 Å². The summed E-state index contributed by atoms with van der Waals surface area (Å²) in [6.07, 6.45) is 19.3. The van der Waals surface area contributed by atoms with Gasteiger partial charge in [-0.15, -0.1) is 18.8 Å². The van der Waals surface area contributed by atoms with Gasteiger partial charge < -0.3 is 76.3 Å². The number of carbonyl (C=O) groups excluding carboxylic acids is 5. The summed E-state index contributed by atoms with van der Waals surface area (Å²) in [7, 11) is 3.38. The number of carbonyl (C=O) groups is 6. The molecule has 3 amide bonds. The summed E-state index contributed by atoms with van der Waals surface area (Å²) in [5.74, 6) is 3.25. The second-order valence-electron chi connectivity index (χ2n) is 27.6. The first-order chi connectivity index (χ1) is 53.7. The van der Waals surface area contributed by atoms with Gasteiger partial charge in [-0.3, -0.25) is 14.4 Å². The van der Waals surface area contributed by atoms with Gasteiger partial charge in [0.05, 0.1) is 76.3 Å². The number of imidazole rings is 3. The minimum Gasteiger partial charge on any atom is -0.870 e. The number of aromatic carboxylic acids is 1. The average Bonchev–Trinajstić information content (AvgIpc) is 1.60. The largest absolute Gasteiger partial charge is 1.00 e. The van der Waals surface area contributed by atoms with Crippen molar-refractivity contribution in [2.75, 3.05) is 50.3 Å². The zero-order valence-electron chi connectivity index (χ0n) is 64.0. The number of hydrogen-bond donors (Lipinski definition) is 8. The van der Waals surface area contributed by atoms with Crippen LogP contribution in [0, 0.1) is 23.7 Å². The third-order valence-electron chi connectivity index (χ3n) is 20.5. The Bertz CT molecular complexity index is 5000. The van der Waals surface area contributed by atoms with E-state index in [0.29, 0.717) is 47.6 Å².